The Morgan fingerprint density at radius 1 is 1.05 bits per heavy atom. The van der Waals surface area contributed by atoms with Gasteiger partial charge in [0.2, 0.25) is 0 Å². The first kappa shape index (κ1) is 14.1. The van der Waals surface area contributed by atoms with Crippen LogP contribution >= 0.6 is 11.3 Å². The molecular weight excluding hydrogens is 278 g/mol. The molecule has 1 heterocycles. The Balaban J connectivity index is 1.90. The molecule has 1 aromatic heterocycles. The molecule has 3 heteroatoms. The van der Waals surface area contributed by atoms with E-state index in [1.807, 2.05) is 0 Å². The highest BCUT2D eigenvalue weighted by molar-refractivity contribution is 7.19. The SMILES string of the molecule is Cc1cc(C)cc(OCc2c(CN)sc3ccccc23)c1. The van der Waals surface area contributed by atoms with Crippen LogP contribution in [0.15, 0.2) is 42.5 Å². The van der Waals surface area contributed by atoms with Gasteiger partial charge in [-0.1, -0.05) is 24.3 Å². The van der Waals surface area contributed by atoms with E-state index in [4.69, 9.17) is 10.5 Å². The van der Waals surface area contributed by atoms with Crippen LogP contribution in [0.25, 0.3) is 10.1 Å². The first-order chi connectivity index (χ1) is 10.2. The molecule has 0 bridgehead atoms. The maximum atomic E-state index is 6.01. The fraction of sp³-hybridized carbons (Fsp3) is 0.222. The normalized spacial score (nSPS) is 11.0. The number of ether oxygens (including phenoxy) is 1. The average Bonchev–Trinajstić information content (AvgIpc) is 2.82. The smallest absolute Gasteiger partial charge is 0.120 e. The molecular formula is C18H19NOS. The van der Waals surface area contributed by atoms with E-state index in [0.717, 1.165) is 5.75 Å². The van der Waals surface area contributed by atoms with Crippen molar-refractivity contribution in [1.82, 2.24) is 0 Å². The van der Waals surface area contributed by atoms with E-state index in [-0.39, 0.29) is 0 Å². The fourth-order valence-corrected chi connectivity index (χ4v) is 3.73. The maximum Gasteiger partial charge on any atom is 0.120 e. The van der Waals surface area contributed by atoms with E-state index in [9.17, 15) is 0 Å². The zero-order chi connectivity index (χ0) is 14.8. The average molecular weight is 297 g/mol. The van der Waals surface area contributed by atoms with Gasteiger partial charge < -0.3 is 10.5 Å². The van der Waals surface area contributed by atoms with Gasteiger partial charge in [0.15, 0.2) is 0 Å². The summed E-state index contributed by atoms with van der Waals surface area (Å²) >= 11 is 1.76. The molecule has 0 spiro atoms. The summed E-state index contributed by atoms with van der Waals surface area (Å²) in [4.78, 5) is 1.21. The zero-order valence-corrected chi connectivity index (χ0v) is 13.2. The lowest BCUT2D eigenvalue weighted by molar-refractivity contribution is 0.306. The Morgan fingerprint density at radius 2 is 1.76 bits per heavy atom. The Bertz CT molecular complexity index is 756. The van der Waals surface area contributed by atoms with Gasteiger partial charge in [-0.15, -0.1) is 11.3 Å². The highest BCUT2D eigenvalue weighted by Crippen LogP contribution is 2.32. The molecule has 2 aromatic carbocycles. The Labute approximate surface area is 129 Å². The largest absolute Gasteiger partial charge is 0.489 e. The summed E-state index contributed by atoms with van der Waals surface area (Å²) in [6.45, 7) is 5.31. The lowest BCUT2D eigenvalue weighted by Gasteiger charge is -2.09. The maximum absolute atomic E-state index is 6.01. The van der Waals surface area contributed by atoms with E-state index >= 15 is 0 Å². The van der Waals surface area contributed by atoms with Gasteiger partial charge in [-0.2, -0.15) is 0 Å². The number of hydrogen-bond acceptors (Lipinski definition) is 3. The van der Waals surface area contributed by atoms with Crippen LogP contribution in [0, 0.1) is 13.8 Å². The van der Waals surface area contributed by atoms with Crippen LogP contribution in [-0.4, -0.2) is 0 Å². The number of fused-ring (bicyclic) bond motifs is 1. The van der Waals surface area contributed by atoms with Gasteiger partial charge in [0, 0.05) is 21.7 Å². The Kier molecular flexibility index (Phi) is 3.95. The quantitative estimate of drug-likeness (QED) is 0.766. The molecule has 0 fully saturated rings. The van der Waals surface area contributed by atoms with Crippen LogP contribution in [0.2, 0.25) is 0 Å². The van der Waals surface area contributed by atoms with E-state index in [1.165, 1.54) is 31.7 Å². The summed E-state index contributed by atoms with van der Waals surface area (Å²) in [6.07, 6.45) is 0. The zero-order valence-electron chi connectivity index (χ0n) is 12.3. The number of thiophene rings is 1. The summed E-state index contributed by atoms with van der Waals surface area (Å²) in [6, 6.07) is 14.7. The monoisotopic (exact) mass is 297 g/mol. The standard InChI is InChI=1S/C18H19NOS/c1-12-7-13(2)9-14(8-12)20-11-16-15-5-3-4-6-17(15)21-18(16)10-19/h3-9H,10-11,19H2,1-2H3. The van der Waals surface area contributed by atoms with Crippen LogP contribution in [0.3, 0.4) is 0 Å². The van der Waals surface area contributed by atoms with Crippen LogP contribution in [0.4, 0.5) is 0 Å². The van der Waals surface area contributed by atoms with Crippen molar-refractivity contribution in [3.05, 3.63) is 64.0 Å². The topological polar surface area (TPSA) is 35.2 Å². The minimum Gasteiger partial charge on any atom is -0.489 e. The molecule has 108 valence electrons. The lowest BCUT2D eigenvalue weighted by Crippen LogP contribution is -2.02. The van der Waals surface area contributed by atoms with Crippen LogP contribution in [-0.2, 0) is 13.2 Å². The van der Waals surface area contributed by atoms with Crippen molar-refractivity contribution in [3.8, 4) is 5.75 Å². The minimum absolute atomic E-state index is 0.560. The van der Waals surface area contributed by atoms with Gasteiger partial charge in [-0.05, 0) is 48.6 Å². The first-order valence-corrected chi connectivity index (χ1v) is 7.89. The second kappa shape index (κ2) is 5.88. The molecule has 2 nitrogen and oxygen atoms in total. The second-order valence-electron chi connectivity index (χ2n) is 5.32. The van der Waals surface area contributed by atoms with Gasteiger partial charge in [0.25, 0.3) is 0 Å². The van der Waals surface area contributed by atoms with E-state index < -0.39 is 0 Å². The highest BCUT2D eigenvalue weighted by atomic mass is 32.1. The third kappa shape index (κ3) is 2.94. The van der Waals surface area contributed by atoms with E-state index in [0.29, 0.717) is 13.2 Å². The molecule has 3 rings (SSSR count). The van der Waals surface area contributed by atoms with Gasteiger partial charge in [-0.3, -0.25) is 0 Å². The van der Waals surface area contributed by atoms with Crippen molar-refractivity contribution in [2.75, 3.05) is 0 Å². The molecule has 0 unspecified atom stereocenters. The predicted octanol–water partition coefficient (Wildman–Crippen LogP) is 4.56. The number of benzene rings is 2. The van der Waals surface area contributed by atoms with Gasteiger partial charge >= 0.3 is 0 Å². The number of rotatable bonds is 4. The second-order valence-corrected chi connectivity index (χ2v) is 6.45. The summed E-state index contributed by atoms with van der Waals surface area (Å²) in [5.41, 5.74) is 9.55. The van der Waals surface area contributed by atoms with E-state index in [2.05, 4.69) is 56.3 Å². The molecule has 0 aliphatic carbocycles. The molecule has 0 aliphatic heterocycles. The van der Waals surface area contributed by atoms with Crippen LogP contribution < -0.4 is 10.5 Å². The van der Waals surface area contributed by atoms with Gasteiger partial charge in [0.1, 0.15) is 12.4 Å². The van der Waals surface area contributed by atoms with Crippen LogP contribution in [0.1, 0.15) is 21.6 Å². The first-order valence-electron chi connectivity index (χ1n) is 7.08. The van der Waals surface area contributed by atoms with Crippen molar-refractivity contribution in [2.45, 2.75) is 27.0 Å². The summed E-state index contributed by atoms with van der Waals surface area (Å²) in [5, 5.41) is 1.26. The third-order valence-corrected chi connectivity index (χ3v) is 4.78. The molecule has 0 radical (unpaired) electrons. The molecule has 3 aromatic rings. The molecule has 0 saturated heterocycles. The van der Waals surface area contributed by atoms with E-state index in [1.54, 1.807) is 11.3 Å². The van der Waals surface area contributed by atoms with Crippen LogP contribution in [0.5, 0.6) is 5.75 Å². The highest BCUT2D eigenvalue weighted by Gasteiger charge is 2.11. The molecule has 0 amide bonds. The summed E-state index contributed by atoms with van der Waals surface area (Å²) < 4.78 is 7.29. The predicted molar refractivity (Wildman–Crippen MR) is 90.0 cm³/mol. The number of aryl methyl sites for hydroxylation is 2. The van der Waals surface area contributed by atoms with Crippen molar-refractivity contribution >= 4 is 21.4 Å². The summed E-state index contributed by atoms with van der Waals surface area (Å²) in [7, 11) is 0. The Morgan fingerprint density at radius 3 is 2.48 bits per heavy atom. The van der Waals surface area contributed by atoms with Crippen molar-refractivity contribution in [2.24, 2.45) is 5.73 Å². The molecule has 0 saturated carbocycles. The molecule has 0 aliphatic rings. The molecule has 21 heavy (non-hydrogen) atoms. The summed E-state index contributed by atoms with van der Waals surface area (Å²) in [5.74, 6) is 0.922. The lowest BCUT2D eigenvalue weighted by atomic mass is 10.1. The van der Waals surface area contributed by atoms with Gasteiger partial charge in [-0.25, -0.2) is 0 Å². The number of nitrogens with two attached hydrogens (primary N) is 1. The molecule has 0 atom stereocenters. The number of hydrogen-bond donors (Lipinski definition) is 1. The third-order valence-electron chi connectivity index (χ3n) is 3.55. The van der Waals surface area contributed by atoms with Crippen molar-refractivity contribution in [1.29, 1.82) is 0 Å². The molecule has 2 N–H and O–H groups in total. The fourth-order valence-electron chi connectivity index (χ4n) is 2.64. The Hall–Kier alpha value is -1.84. The van der Waals surface area contributed by atoms with Crippen molar-refractivity contribution in [3.63, 3.8) is 0 Å². The van der Waals surface area contributed by atoms with Gasteiger partial charge in [0.05, 0.1) is 0 Å². The minimum atomic E-state index is 0.560. The van der Waals surface area contributed by atoms with Crippen molar-refractivity contribution < 1.29 is 4.74 Å².